The summed E-state index contributed by atoms with van der Waals surface area (Å²) in [5, 5.41) is 10.6. The van der Waals surface area contributed by atoms with Crippen molar-refractivity contribution in [1.29, 1.82) is 0 Å². The average Bonchev–Trinajstić information content (AvgIpc) is 3.64. The van der Waals surface area contributed by atoms with Crippen LogP contribution in [0.15, 0.2) is 0 Å². The number of aliphatic hydroxyl groups excluding tert-OH is 1. The van der Waals surface area contributed by atoms with Crippen LogP contribution < -0.4 is 0 Å². The highest BCUT2D eigenvalue weighted by Gasteiger charge is 2.30. The van der Waals surface area contributed by atoms with Crippen molar-refractivity contribution >= 4 is 39.5 Å². The molecule has 0 heterocycles. The number of aliphatic hydroxyl groups is 1. The Morgan fingerprint density at radius 2 is 0.593 bits per heavy atom. The molecule has 0 aromatic rings. The third-order valence-corrected chi connectivity index (χ3v) is 17.6. The SMILES string of the molecule is CCCCCCCCCCCCCCCC(=O)O[C@H](COC(=O)CCCCCCCCCCCC(C)C)COP(=O)(O)OC[C@@H](O)COP(=O)(O)OC[C@@H](COC(=O)CCCCCCCCC(C)CC)OC(=O)CCCCCCCCCCC(C)C. The van der Waals surface area contributed by atoms with E-state index in [0.29, 0.717) is 25.7 Å². The van der Waals surface area contributed by atoms with Gasteiger partial charge in [-0.3, -0.25) is 37.3 Å². The molecule has 0 aromatic carbocycles. The van der Waals surface area contributed by atoms with Crippen LogP contribution in [0.3, 0.4) is 0 Å². The van der Waals surface area contributed by atoms with E-state index in [2.05, 4.69) is 48.5 Å². The van der Waals surface area contributed by atoms with Crippen LogP contribution in [0, 0.1) is 17.8 Å². The number of hydrogen-bond donors (Lipinski definition) is 3. The van der Waals surface area contributed by atoms with Crippen molar-refractivity contribution in [3.8, 4) is 0 Å². The van der Waals surface area contributed by atoms with Crippen LogP contribution in [0.25, 0.3) is 0 Å². The van der Waals surface area contributed by atoms with Crippen LogP contribution in [0.2, 0.25) is 0 Å². The largest absolute Gasteiger partial charge is 0.472 e. The van der Waals surface area contributed by atoms with Crippen molar-refractivity contribution in [2.45, 2.75) is 349 Å². The first-order valence-electron chi connectivity index (χ1n) is 34.9. The molecule has 0 bridgehead atoms. The second kappa shape index (κ2) is 58.2. The number of carbonyl (C=O) groups is 4. The van der Waals surface area contributed by atoms with Crippen LogP contribution in [0.1, 0.15) is 331 Å². The first kappa shape index (κ1) is 84.1. The number of carbonyl (C=O) groups excluding carboxylic acids is 4. The van der Waals surface area contributed by atoms with E-state index >= 15 is 0 Å². The van der Waals surface area contributed by atoms with Crippen LogP contribution in [0.4, 0.5) is 0 Å². The van der Waals surface area contributed by atoms with E-state index in [1.165, 1.54) is 135 Å². The highest BCUT2D eigenvalue weighted by Crippen LogP contribution is 2.45. The number of esters is 4. The predicted octanol–water partition coefficient (Wildman–Crippen LogP) is 18.7. The van der Waals surface area contributed by atoms with Gasteiger partial charge in [0.2, 0.25) is 0 Å². The Kier molecular flexibility index (Phi) is 56.9. The molecule has 0 aliphatic carbocycles. The molecule has 0 aromatic heterocycles. The molecule has 0 radical (unpaired) electrons. The fourth-order valence-corrected chi connectivity index (χ4v) is 11.6. The van der Waals surface area contributed by atoms with Gasteiger partial charge >= 0.3 is 39.5 Å². The first-order valence-corrected chi connectivity index (χ1v) is 37.9. The van der Waals surface area contributed by atoms with Gasteiger partial charge in [0.05, 0.1) is 26.4 Å². The molecule has 86 heavy (non-hydrogen) atoms. The van der Waals surface area contributed by atoms with E-state index in [1.807, 2.05) is 0 Å². The number of rotatable bonds is 65. The van der Waals surface area contributed by atoms with Crippen molar-refractivity contribution in [2.24, 2.45) is 17.8 Å². The summed E-state index contributed by atoms with van der Waals surface area (Å²) in [4.78, 5) is 72.4. The third-order valence-electron chi connectivity index (χ3n) is 15.7. The Hall–Kier alpha value is -1.94. The van der Waals surface area contributed by atoms with Crippen molar-refractivity contribution in [3.05, 3.63) is 0 Å². The lowest BCUT2D eigenvalue weighted by molar-refractivity contribution is -0.161. The third kappa shape index (κ3) is 59.7. The summed E-state index contributed by atoms with van der Waals surface area (Å²) < 4.78 is 68.1. The normalized spacial score (nSPS) is 14.6. The molecule has 0 amide bonds. The van der Waals surface area contributed by atoms with Crippen LogP contribution in [-0.2, 0) is 65.4 Å². The molecule has 0 saturated carbocycles. The summed E-state index contributed by atoms with van der Waals surface area (Å²) in [6.45, 7) is 11.7. The van der Waals surface area contributed by atoms with Gasteiger partial charge in [0.15, 0.2) is 12.2 Å². The molecule has 0 aliphatic heterocycles. The van der Waals surface area contributed by atoms with Gasteiger partial charge in [0.25, 0.3) is 0 Å². The average molecular weight is 1270 g/mol. The molecule has 0 aliphatic rings. The maximum Gasteiger partial charge on any atom is 0.472 e. The zero-order chi connectivity index (χ0) is 63.8. The van der Waals surface area contributed by atoms with Gasteiger partial charge in [0, 0.05) is 25.7 Å². The molecule has 3 N–H and O–H groups in total. The van der Waals surface area contributed by atoms with Crippen molar-refractivity contribution in [3.63, 3.8) is 0 Å². The highest BCUT2D eigenvalue weighted by molar-refractivity contribution is 7.47. The van der Waals surface area contributed by atoms with Crippen LogP contribution in [0.5, 0.6) is 0 Å². The lowest BCUT2D eigenvalue weighted by atomic mass is 10.00. The van der Waals surface area contributed by atoms with Gasteiger partial charge in [-0.05, 0) is 43.4 Å². The summed E-state index contributed by atoms with van der Waals surface area (Å²) in [7, 11) is -9.89. The molecule has 510 valence electrons. The van der Waals surface area contributed by atoms with Crippen LogP contribution in [-0.4, -0.2) is 96.7 Å². The standard InChI is InChI=1S/C67H130O17P2/c1-8-10-11-12-13-14-15-16-17-20-27-36-43-50-66(71)83-62(54-77-64(69)48-41-34-26-21-18-19-24-31-38-45-58(3)4)56-81-85(73,74)79-52-61(68)53-80-86(75,76)82-57-63(55-78-65(70)49-42-35-30-29-33-40-47-60(7)9-2)84-67(72)51-44-37-28-23-22-25-32-39-46-59(5)6/h58-63,68H,8-57H2,1-7H3,(H,73,74)(H,75,76)/t60?,61-,62-,63-/m1/s1. The minimum atomic E-state index is -4.95. The fraction of sp³-hybridized carbons (Fsp3) is 0.940. The molecule has 19 heteroatoms. The zero-order valence-electron chi connectivity index (χ0n) is 55.8. The van der Waals surface area contributed by atoms with Gasteiger partial charge in [-0.25, -0.2) is 9.13 Å². The number of unbranched alkanes of at least 4 members (excludes halogenated alkanes) is 32. The topological polar surface area (TPSA) is 237 Å². The van der Waals surface area contributed by atoms with E-state index in [4.69, 9.17) is 37.0 Å². The van der Waals surface area contributed by atoms with Gasteiger partial charge in [-0.2, -0.15) is 0 Å². The quantitative estimate of drug-likeness (QED) is 0.0222. The van der Waals surface area contributed by atoms with Crippen molar-refractivity contribution in [1.82, 2.24) is 0 Å². The molecule has 6 atom stereocenters. The summed E-state index contributed by atoms with van der Waals surface area (Å²) in [5.74, 6) is 0.0609. The smallest absolute Gasteiger partial charge is 0.462 e. The van der Waals surface area contributed by atoms with Crippen molar-refractivity contribution in [2.75, 3.05) is 39.6 Å². The molecule has 0 saturated heterocycles. The lowest BCUT2D eigenvalue weighted by Gasteiger charge is -2.21. The first-order chi connectivity index (χ1) is 41.3. The summed E-state index contributed by atoms with van der Waals surface area (Å²) >= 11 is 0. The number of ether oxygens (including phenoxy) is 4. The highest BCUT2D eigenvalue weighted by atomic mass is 31.2. The predicted molar refractivity (Wildman–Crippen MR) is 344 cm³/mol. The van der Waals surface area contributed by atoms with E-state index in [0.717, 1.165) is 114 Å². The Bertz CT molecular complexity index is 1700. The van der Waals surface area contributed by atoms with Gasteiger partial charge in [-0.1, -0.05) is 280 Å². The lowest BCUT2D eigenvalue weighted by Crippen LogP contribution is -2.30. The van der Waals surface area contributed by atoms with Gasteiger partial charge in [0.1, 0.15) is 19.3 Å². The summed E-state index contributed by atoms with van der Waals surface area (Å²) in [5.41, 5.74) is 0. The maximum absolute atomic E-state index is 13.0. The Labute approximate surface area is 524 Å². The van der Waals surface area contributed by atoms with E-state index in [-0.39, 0.29) is 25.7 Å². The Balaban J connectivity index is 5.26. The Morgan fingerprint density at radius 1 is 0.337 bits per heavy atom. The zero-order valence-corrected chi connectivity index (χ0v) is 57.6. The monoisotopic (exact) mass is 1270 g/mol. The fourth-order valence-electron chi connectivity index (χ4n) is 9.98. The maximum atomic E-state index is 13.0. The van der Waals surface area contributed by atoms with Gasteiger partial charge < -0.3 is 33.8 Å². The molecule has 0 fully saturated rings. The second-order valence-corrected chi connectivity index (χ2v) is 28.3. The second-order valence-electron chi connectivity index (χ2n) is 25.4. The minimum Gasteiger partial charge on any atom is -0.462 e. The summed E-state index contributed by atoms with van der Waals surface area (Å²) in [6.07, 6.45) is 40.3. The molecule has 0 spiro atoms. The number of phosphoric acid groups is 2. The molecule has 3 unspecified atom stereocenters. The van der Waals surface area contributed by atoms with Crippen molar-refractivity contribution < 1.29 is 80.2 Å². The molecular formula is C67H130O17P2. The minimum absolute atomic E-state index is 0.103. The Morgan fingerprint density at radius 3 is 0.884 bits per heavy atom. The van der Waals surface area contributed by atoms with E-state index < -0.39 is 97.5 Å². The molecular weight excluding hydrogens is 1140 g/mol. The number of hydrogen-bond acceptors (Lipinski definition) is 15. The number of phosphoric ester groups is 2. The van der Waals surface area contributed by atoms with E-state index in [9.17, 15) is 43.2 Å². The van der Waals surface area contributed by atoms with Crippen LogP contribution >= 0.6 is 15.6 Å². The molecule has 17 nitrogen and oxygen atoms in total. The molecule has 0 rings (SSSR count). The van der Waals surface area contributed by atoms with Gasteiger partial charge in [-0.15, -0.1) is 0 Å². The van der Waals surface area contributed by atoms with E-state index in [1.54, 1.807) is 0 Å². The summed E-state index contributed by atoms with van der Waals surface area (Å²) in [6, 6.07) is 0.